The number of fused-ring (bicyclic) bond motifs is 1. The molecule has 0 amide bonds. The highest BCUT2D eigenvalue weighted by Gasteiger charge is 2.14. The third kappa shape index (κ3) is 4.28. The smallest absolute Gasteiger partial charge is 0.250 e. The fraction of sp³-hybridized carbons (Fsp3) is 0.278. The molecular formula is C18H18ClFN4O3. The van der Waals surface area contributed by atoms with Crippen molar-refractivity contribution >= 4 is 28.3 Å². The molecule has 1 unspecified atom stereocenters. The van der Waals surface area contributed by atoms with Gasteiger partial charge in [0, 0.05) is 17.6 Å². The van der Waals surface area contributed by atoms with Crippen LogP contribution in [0.25, 0.3) is 10.9 Å². The lowest BCUT2D eigenvalue weighted by Gasteiger charge is -2.17. The molecule has 0 aliphatic heterocycles. The van der Waals surface area contributed by atoms with E-state index < -0.39 is 5.82 Å². The predicted octanol–water partition coefficient (Wildman–Crippen LogP) is 3.71. The second-order valence-corrected chi connectivity index (χ2v) is 6.18. The van der Waals surface area contributed by atoms with Crippen LogP contribution in [0.3, 0.4) is 0 Å². The monoisotopic (exact) mass is 392 g/mol. The van der Waals surface area contributed by atoms with Gasteiger partial charge in [0.1, 0.15) is 18.8 Å². The van der Waals surface area contributed by atoms with Gasteiger partial charge < -0.3 is 19.5 Å². The van der Waals surface area contributed by atoms with Crippen LogP contribution in [0.2, 0.25) is 5.02 Å². The maximum Gasteiger partial charge on any atom is 0.250 e. The molecule has 0 fully saturated rings. The molecule has 2 heterocycles. The molecule has 0 aliphatic rings. The number of nitrogens with zero attached hydrogens (tertiary/aromatic N) is 3. The Hall–Kier alpha value is -2.87. The van der Waals surface area contributed by atoms with Gasteiger partial charge in [-0.1, -0.05) is 11.6 Å². The fourth-order valence-electron chi connectivity index (χ4n) is 2.49. The summed E-state index contributed by atoms with van der Waals surface area (Å²) in [7, 11) is 3.12. The first-order valence-corrected chi connectivity index (χ1v) is 8.46. The van der Waals surface area contributed by atoms with Crippen molar-refractivity contribution in [2.24, 2.45) is 0 Å². The number of ether oxygens (including phenoxy) is 3. The van der Waals surface area contributed by atoms with E-state index in [1.165, 1.54) is 12.5 Å². The fourth-order valence-corrected chi connectivity index (χ4v) is 2.63. The summed E-state index contributed by atoms with van der Waals surface area (Å²) >= 11 is 5.69. The van der Waals surface area contributed by atoms with E-state index in [1.807, 2.05) is 6.92 Å². The van der Waals surface area contributed by atoms with Gasteiger partial charge in [-0.3, -0.25) is 0 Å². The number of nitrogens with one attached hydrogen (secondary N) is 1. The molecule has 9 heteroatoms. The molecule has 2 aromatic heterocycles. The van der Waals surface area contributed by atoms with Crippen molar-refractivity contribution < 1.29 is 18.6 Å². The van der Waals surface area contributed by atoms with Crippen LogP contribution >= 0.6 is 11.6 Å². The summed E-state index contributed by atoms with van der Waals surface area (Å²) in [6.07, 6.45) is 2.78. The number of hydrogen-bond acceptors (Lipinski definition) is 7. The second-order valence-electron chi connectivity index (χ2n) is 5.74. The molecule has 0 spiro atoms. The Labute approximate surface area is 160 Å². The molecule has 0 saturated heterocycles. The molecule has 3 rings (SSSR count). The molecule has 3 aromatic rings. The van der Waals surface area contributed by atoms with Crippen molar-refractivity contribution in [2.75, 3.05) is 26.1 Å². The average molecular weight is 393 g/mol. The Morgan fingerprint density at radius 1 is 1.11 bits per heavy atom. The molecule has 1 atom stereocenters. The Balaban J connectivity index is 1.77. The van der Waals surface area contributed by atoms with E-state index in [0.717, 1.165) is 11.5 Å². The molecule has 0 aliphatic carbocycles. The van der Waals surface area contributed by atoms with E-state index in [-0.39, 0.29) is 23.6 Å². The van der Waals surface area contributed by atoms with Crippen molar-refractivity contribution in [3.8, 4) is 17.4 Å². The molecule has 0 saturated carbocycles. The summed E-state index contributed by atoms with van der Waals surface area (Å²) < 4.78 is 29.8. The third-order valence-corrected chi connectivity index (χ3v) is 3.97. The standard InChI is InChI=1S/C18H18ClFN4O3/c1-10(8-27-18-13(20)4-11(19)7-21-18)24-17-12-5-15(25-2)16(26-3)6-14(12)22-9-23-17/h4-7,9-10H,8H2,1-3H3,(H,22,23,24). The van der Waals surface area contributed by atoms with Crippen LogP contribution in [-0.2, 0) is 0 Å². The summed E-state index contributed by atoms with van der Waals surface area (Å²) in [4.78, 5) is 12.4. The number of rotatable bonds is 7. The maximum absolute atomic E-state index is 13.8. The minimum atomic E-state index is -0.612. The predicted molar refractivity (Wildman–Crippen MR) is 100 cm³/mol. The minimum Gasteiger partial charge on any atom is -0.493 e. The summed E-state index contributed by atoms with van der Waals surface area (Å²) in [6.45, 7) is 2.05. The largest absolute Gasteiger partial charge is 0.493 e. The molecule has 0 bridgehead atoms. The zero-order valence-electron chi connectivity index (χ0n) is 15.0. The van der Waals surface area contributed by atoms with Gasteiger partial charge in [-0.25, -0.2) is 19.3 Å². The SMILES string of the molecule is COc1cc2ncnc(NC(C)COc3ncc(Cl)cc3F)c2cc1OC. The quantitative estimate of drug-likeness (QED) is 0.656. The van der Waals surface area contributed by atoms with E-state index in [9.17, 15) is 4.39 Å². The molecular weight excluding hydrogens is 375 g/mol. The lowest BCUT2D eigenvalue weighted by Crippen LogP contribution is -2.24. The van der Waals surface area contributed by atoms with Crippen molar-refractivity contribution in [2.45, 2.75) is 13.0 Å². The zero-order valence-corrected chi connectivity index (χ0v) is 15.7. The van der Waals surface area contributed by atoms with Crippen LogP contribution < -0.4 is 19.5 Å². The van der Waals surface area contributed by atoms with Gasteiger partial charge >= 0.3 is 0 Å². The Bertz CT molecular complexity index is 957. The summed E-state index contributed by atoms with van der Waals surface area (Å²) in [5.74, 6) is 1.03. The average Bonchev–Trinajstić information content (AvgIpc) is 2.66. The molecule has 27 heavy (non-hydrogen) atoms. The van der Waals surface area contributed by atoms with Gasteiger partial charge in [-0.15, -0.1) is 0 Å². The zero-order chi connectivity index (χ0) is 19.4. The maximum atomic E-state index is 13.8. The van der Waals surface area contributed by atoms with E-state index in [2.05, 4.69) is 20.3 Å². The Morgan fingerprint density at radius 2 is 1.85 bits per heavy atom. The van der Waals surface area contributed by atoms with Crippen LogP contribution in [0.4, 0.5) is 10.2 Å². The highest BCUT2D eigenvalue weighted by molar-refractivity contribution is 6.30. The number of pyridine rings is 1. The van der Waals surface area contributed by atoms with E-state index >= 15 is 0 Å². The van der Waals surface area contributed by atoms with Crippen molar-refractivity contribution in [1.29, 1.82) is 0 Å². The van der Waals surface area contributed by atoms with Crippen LogP contribution in [-0.4, -0.2) is 41.8 Å². The summed E-state index contributed by atoms with van der Waals surface area (Å²) in [6, 6.07) is 4.53. The number of benzene rings is 1. The Kier molecular flexibility index (Phi) is 5.75. The number of aromatic nitrogens is 3. The molecule has 0 radical (unpaired) electrons. The minimum absolute atomic E-state index is 0.105. The van der Waals surface area contributed by atoms with E-state index in [4.69, 9.17) is 25.8 Å². The second kappa shape index (κ2) is 8.22. The van der Waals surface area contributed by atoms with Crippen LogP contribution in [0.15, 0.2) is 30.7 Å². The topological polar surface area (TPSA) is 78.4 Å². The highest BCUT2D eigenvalue weighted by Crippen LogP contribution is 2.33. The van der Waals surface area contributed by atoms with Gasteiger partial charge in [0.15, 0.2) is 17.3 Å². The lowest BCUT2D eigenvalue weighted by molar-refractivity contribution is 0.277. The lowest BCUT2D eigenvalue weighted by atomic mass is 10.2. The highest BCUT2D eigenvalue weighted by atomic mass is 35.5. The van der Waals surface area contributed by atoms with Gasteiger partial charge in [0.25, 0.3) is 5.88 Å². The van der Waals surface area contributed by atoms with Crippen molar-refractivity contribution in [1.82, 2.24) is 15.0 Å². The molecule has 1 aromatic carbocycles. The first-order valence-electron chi connectivity index (χ1n) is 8.09. The van der Waals surface area contributed by atoms with Crippen molar-refractivity contribution in [3.63, 3.8) is 0 Å². The van der Waals surface area contributed by atoms with Crippen LogP contribution in [0, 0.1) is 5.82 Å². The van der Waals surface area contributed by atoms with Crippen LogP contribution in [0.5, 0.6) is 17.4 Å². The summed E-state index contributed by atoms with van der Waals surface area (Å²) in [5, 5.41) is 4.20. The Morgan fingerprint density at radius 3 is 2.56 bits per heavy atom. The first-order chi connectivity index (χ1) is 13.0. The third-order valence-electron chi connectivity index (χ3n) is 3.77. The first kappa shape index (κ1) is 18.9. The molecule has 1 N–H and O–H groups in total. The number of hydrogen-bond donors (Lipinski definition) is 1. The van der Waals surface area contributed by atoms with Crippen molar-refractivity contribution in [3.05, 3.63) is 41.6 Å². The number of anilines is 1. The van der Waals surface area contributed by atoms with Crippen LogP contribution in [0.1, 0.15) is 6.92 Å². The number of halogens is 2. The summed E-state index contributed by atoms with van der Waals surface area (Å²) in [5.41, 5.74) is 0.698. The number of methoxy groups -OCH3 is 2. The van der Waals surface area contributed by atoms with E-state index in [0.29, 0.717) is 22.8 Å². The van der Waals surface area contributed by atoms with Gasteiger partial charge in [-0.05, 0) is 19.1 Å². The molecule has 7 nitrogen and oxygen atoms in total. The van der Waals surface area contributed by atoms with Gasteiger partial charge in [0.05, 0.1) is 30.8 Å². The van der Waals surface area contributed by atoms with E-state index in [1.54, 1.807) is 26.4 Å². The van der Waals surface area contributed by atoms with Gasteiger partial charge in [0.2, 0.25) is 0 Å². The van der Waals surface area contributed by atoms with Gasteiger partial charge in [-0.2, -0.15) is 0 Å². The molecule has 142 valence electrons. The normalized spacial score (nSPS) is 11.9.